The number of aliphatic hydroxyl groups is 1. The molecule has 20 heavy (non-hydrogen) atoms. The maximum Gasteiger partial charge on any atom is 0.270 e. The first-order chi connectivity index (χ1) is 9.51. The summed E-state index contributed by atoms with van der Waals surface area (Å²) in [6, 6.07) is 4.30. The molecular weight excluding hydrogens is 260 g/mol. The van der Waals surface area contributed by atoms with Crippen LogP contribution >= 0.6 is 0 Å². The molecule has 0 radical (unpaired) electrons. The molecule has 1 saturated carbocycles. The number of carbonyl (C=O) groups is 1. The van der Waals surface area contributed by atoms with Crippen LogP contribution in [-0.4, -0.2) is 28.6 Å². The van der Waals surface area contributed by atoms with Gasteiger partial charge in [0.05, 0.1) is 4.92 Å². The largest absolute Gasteiger partial charge is 0.396 e. The lowest BCUT2D eigenvalue weighted by Gasteiger charge is -2.19. The maximum atomic E-state index is 12.2. The highest BCUT2D eigenvalue weighted by molar-refractivity contribution is 5.95. The summed E-state index contributed by atoms with van der Waals surface area (Å²) >= 11 is 0. The highest BCUT2D eigenvalue weighted by Gasteiger charge is 2.28. The number of hydrogen-bond acceptors (Lipinski definition) is 4. The minimum atomic E-state index is -0.504. The first-order valence-electron chi connectivity index (χ1n) is 6.69. The van der Waals surface area contributed by atoms with Gasteiger partial charge in [-0.05, 0) is 31.4 Å². The van der Waals surface area contributed by atoms with E-state index in [4.69, 9.17) is 0 Å². The summed E-state index contributed by atoms with van der Waals surface area (Å²) < 4.78 is 0. The Labute approximate surface area is 117 Å². The molecule has 0 saturated heterocycles. The van der Waals surface area contributed by atoms with Crippen LogP contribution in [0, 0.1) is 23.0 Å². The van der Waals surface area contributed by atoms with Crippen molar-refractivity contribution < 1.29 is 14.8 Å². The van der Waals surface area contributed by atoms with E-state index in [9.17, 15) is 20.0 Å². The second kappa shape index (κ2) is 6.00. The van der Waals surface area contributed by atoms with Crippen LogP contribution in [0.25, 0.3) is 0 Å². The fraction of sp³-hybridized carbons (Fsp3) is 0.500. The molecule has 1 fully saturated rings. The van der Waals surface area contributed by atoms with Crippen LogP contribution in [0.4, 0.5) is 5.69 Å². The van der Waals surface area contributed by atoms with Gasteiger partial charge < -0.3 is 10.4 Å². The van der Waals surface area contributed by atoms with Crippen molar-refractivity contribution in [1.29, 1.82) is 0 Å². The number of nitro benzene ring substituents is 1. The number of nitrogens with one attached hydrogen (secondary N) is 1. The Balaban J connectivity index is 2.15. The summed E-state index contributed by atoms with van der Waals surface area (Å²) in [5.41, 5.74) is 0.884. The zero-order chi connectivity index (χ0) is 14.7. The average Bonchev–Trinajstić information content (AvgIpc) is 2.85. The van der Waals surface area contributed by atoms with E-state index in [-0.39, 0.29) is 30.2 Å². The molecular formula is C14H18N2O4. The van der Waals surface area contributed by atoms with Gasteiger partial charge in [-0.1, -0.05) is 6.42 Å². The Morgan fingerprint density at radius 2 is 2.20 bits per heavy atom. The van der Waals surface area contributed by atoms with Crippen molar-refractivity contribution in [2.75, 3.05) is 6.61 Å². The van der Waals surface area contributed by atoms with Crippen molar-refractivity contribution in [3.05, 3.63) is 39.4 Å². The van der Waals surface area contributed by atoms with E-state index in [0.717, 1.165) is 19.3 Å². The summed E-state index contributed by atoms with van der Waals surface area (Å²) in [7, 11) is 0. The smallest absolute Gasteiger partial charge is 0.270 e. The summed E-state index contributed by atoms with van der Waals surface area (Å²) in [6.45, 7) is 1.77. The van der Waals surface area contributed by atoms with Crippen LogP contribution in [-0.2, 0) is 0 Å². The fourth-order valence-electron chi connectivity index (χ4n) is 2.70. The Bertz CT molecular complexity index is 530. The molecule has 6 nitrogen and oxygen atoms in total. The van der Waals surface area contributed by atoms with Crippen LogP contribution in [0.5, 0.6) is 0 Å². The van der Waals surface area contributed by atoms with Gasteiger partial charge in [-0.2, -0.15) is 0 Å². The molecule has 1 aliphatic rings. The van der Waals surface area contributed by atoms with E-state index in [0.29, 0.717) is 11.1 Å². The fourth-order valence-corrected chi connectivity index (χ4v) is 2.70. The van der Waals surface area contributed by atoms with Crippen molar-refractivity contribution in [1.82, 2.24) is 5.32 Å². The standard InChI is InChI=1S/C14H18N2O4/c1-9-5-11(7-12(6-9)16(19)20)14(18)15-13-4-2-3-10(13)8-17/h5-7,10,13,17H,2-4,8H2,1H3,(H,15,18). The van der Waals surface area contributed by atoms with E-state index in [2.05, 4.69) is 5.32 Å². The van der Waals surface area contributed by atoms with Crippen molar-refractivity contribution in [3.63, 3.8) is 0 Å². The van der Waals surface area contributed by atoms with Crippen molar-refractivity contribution >= 4 is 11.6 Å². The summed E-state index contributed by atoms with van der Waals surface area (Å²) in [6.07, 6.45) is 2.71. The number of nitro groups is 1. The number of benzene rings is 1. The predicted molar refractivity (Wildman–Crippen MR) is 73.5 cm³/mol. The lowest BCUT2D eigenvalue weighted by atomic mass is 10.0. The Hall–Kier alpha value is -1.95. The molecule has 2 rings (SSSR count). The first-order valence-corrected chi connectivity index (χ1v) is 6.69. The molecule has 0 aliphatic heterocycles. The predicted octanol–water partition coefficient (Wildman–Crippen LogP) is 1.79. The number of carbonyl (C=O) groups excluding carboxylic acids is 1. The van der Waals surface area contributed by atoms with Gasteiger partial charge in [-0.3, -0.25) is 14.9 Å². The van der Waals surface area contributed by atoms with Gasteiger partial charge in [0.15, 0.2) is 0 Å². The third kappa shape index (κ3) is 3.14. The number of rotatable bonds is 4. The highest BCUT2D eigenvalue weighted by Crippen LogP contribution is 2.25. The minimum absolute atomic E-state index is 0.0490. The number of nitrogens with zero attached hydrogens (tertiary/aromatic N) is 1. The SMILES string of the molecule is Cc1cc(C(=O)NC2CCCC2CO)cc([N+](=O)[O-])c1. The number of amides is 1. The average molecular weight is 278 g/mol. The molecule has 1 aliphatic carbocycles. The van der Waals surface area contributed by atoms with E-state index >= 15 is 0 Å². The molecule has 1 aromatic carbocycles. The first kappa shape index (κ1) is 14.5. The van der Waals surface area contributed by atoms with Crippen LogP contribution in [0.2, 0.25) is 0 Å². The molecule has 2 unspecified atom stereocenters. The normalized spacial score (nSPS) is 21.7. The van der Waals surface area contributed by atoms with Crippen LogP contribution in [0.15, 0.2) is 18.2 Å². The van der Waals surface area contributed by atoms with Gasteiger partial charge in [-0.15, -0.1) is 0 Å². The van der Waals surface area contributed by atoms with Crippen molar-refractivity contribution in [2.45, 2.75) is 32.2 Å². The zero-order valence-corrected chi connectivity index (χ0v) is 11.3. The monoisotopic (exact) mass is 278 g/mol. The van der Waals surface area contributed by atoms with Gasteiger partial charge in [-0.25, -0.2) is 0 Å². The maximum absolute atomic E-state index is 12.2. The second-order valence-electron chi connectivity index (χ2n) is 5.27. The molecule has 2 N–H and O–H groups in total. The molecule has 0 spiro atoms. The molecule has 2 atom stereocenters. The molecule has 1 amide bonds. The van der Waals surface area contributed by atoms with Crippen molar-refractivity contribution in [2.24, 2.45) is 5.92 Å². The number of non-ortho nitro benzene ring substituents is 1. The van der Waals surface area contributed by atoms with Crippen LogP contribution in [0.1, 0.15) is 35.2 Å². The molecule has 1 aromatic rings. The lowest BCUT2D eigenvalue weighted by Crippen LogP contribution is -2.38. The topological polar surface area (TPSA) is 92.5 Å². The van der Waals surface area contributed by atoms with E-state index in [1.165, 1.54) is 12.1 Å². The Morgan fingerprint density at radius 3 is 2.85 bits per heavy atom. The summed E-state index contributed by atoms with van der Waals surface area (Å²) in [5.74, 6) is -0.235. The van der Waals surface area contributed by atoms with Gasteiger partial charge >= 0.3 is 0 Å². The quantitative estimate of drug-likeness (QED) is 0.648. The molecule has 108 valence electrons. The van der Waals surface area contributed by atoms with Crippen LogP contribution < -0.4 is 5.32 Å². The Kier molecular flexibility index (Phi) is 4.34. The number of aliphatic hydroxyl groups excluding tert-OH is 1. The van der Waals surface area contributed by atoms with E-state index in [1.54, 1.807) is 13.0 Å². The van der Waals surface area contributed by atoms with Crippen molar-refractivity contribution in [3.8, 4) is 0 Å². The molecule has 0 heterocycles. The van der Waals surface area contributed by atoms with E-state index < -0.39 is 4.92 Å². The third-order valence-electron chi connectivity index (χ3n) is 3.75. The van der Waals surface area contributed by atoms with Gasteiger partial charge in [0, 0.05) is 36.3 Å². The van der Waals surface area contributed by atoms with Crippen LogP contribution in [0.3, 0.4) is 0 Å². The number of hydrogen-bond donors (Lipinski definition) is 2. The molecule has 0 bridgehead atoms. The minimum Gasteiger partial charge on any atom is -0.396 e. The Morgan fingerprint density at radius 1 is 1.45 bits per heavy atom. The third-order valence-corrected chi connectivity index (χ3v) is 3.75. The van der Waals surface area contributed by atoms with Gasteiger partial charge in [0.25, 0.3) is 11.6 Å². The highest BCUT2D eigenvalue weighted by atomic mass is 16.6. The molecule has 6 heteroatoms. The zero-order valence-electron chi connectivity index (χ0n) is 11.3. The second-order valence-corrected chi connectivity index (χ2v) is 5.27. The van der Waals surface area contributed by atoms with Gasteiger partial charge in [0.2, 0.25) is 0 Å². The number of aryl methyl sites for hydroxylation is 1. The molecule has 0 aromatic heterocycles. The summed E-state index contributed by atoms with van der Waals surface area (Å²) in [4.78, 5) is 22.5. The summed E-state index contributed by atoms with van der Waals surface area (Å²) in [5, 5.41) is 22.9. The van der Waals surface area contributed by atoms with E-state index in [1.807, 2.05) is 0 Å². The lowest BCUT2D eigenvalue weighted by molar-refractivity contribution is -0.384. The van der Waals surface area contributed by atoms with Gasteiger partial charge in [0.1, 0.15) is 0 Å².